The van der Waals surface area contributed by atoms with Crippen LogP contribution in [0, 0.1) is 10.8 Å². The number of carbonyl (C=O) groups excluding carboxylic acids is 2. The Hall–Kier alpha value is -4.80. The number of amides is 1. The maximum atomic E-state index is 14.9. The highest BCUT2D eigenvalue weighted by molar-refractivity contribution is 6.32. The number of nitrogens with zero attached hydrogens (tertiary/aromatic N) is 6. The molecule has 0 radical (unpaired) electrons. The summed E-state index contributed by atoms with van der Waals surface area (Å²) in [6.45, 7) is 4.85. The Morgan fingerprint density at radius 1 is 1.02 bits per heavy atom. The zero-order chi connectivity index (χ0) is 38.7. The van der Waals surface area contributed by atoms with Crippen molar-refractivity contribution in [1.29, 1.82) is 0 Å². The number of guanidine groups is 1. The number of pyridine rings is 1. The van der Waals surface area contributed by atoms with Gasteiger partial charge >= 0.3 is 12.1 Å². The van der Waals surface area contributed by atoms with Gasteiger partial charge in [0, 0.05) is 5.39 Å². The van der Waals surface area contributed by atoms with Gasteiger partial charge in [0.25, 0.3) is 18.8 Å². The summed E-state index contributed by atoms with van der Waals surface area (Å²) in [6, 6.07) is 9.84. The van der Waals surface area contributed by atoms with E-state index in [1.54, 1.807) is 6.07 Å². The van der Waals surface area contributed by atoms with E-state index < -0.39 is 77.9 Å². The van der Waals surface area contributed by atoms with E-state index in [4.69, 9.17) is 22.1 Å². The molecule has 1 fully saturated rings. The number of esters is 1. The predicted octanol–water partition coefficient (Wildman–Crippen LogP) is 8.15. The highest BCUT2D eigenvalue weighted by atomic mass is 35.5. The molecular formula is C35H33ClF7N7O3. The van der Waals surface area contributed by atoms with Gasteiger partial charge in [0.1, 0.15) is 18.6 Å². The van der Waals surface area contributed by atoms with Crippen LogP contribution in [-0.4, -0.2) is 55.3 Å². The molecule has 6 rings (SSSR count). The van der Waals surface area contributed by atoms with Crippen LogP contribution in [0.5, 0.6) is 0 Å². The molecule has 2 aliphatic rings. The van der Waals surface area contributed by atoms with Crippen molar-refractivity contribution in [3.05, 3.63) is 82.5 Å². The predicted molar refractivity (Wildman–Crippen MR) is 178 cm³/mol. The smallest absolute Gasteiger partial charge is 0.395 e. The van der Waals surface area contributed by atoms with Gasteiger partial charge in [-0.1, -0.05) is 50.6 Å². The molecule has 0 spiro atoms. The summed E-state index contributed by atoms with van der Waals surface area (Å²) in [5.41, 5.74) is 2.17. The van der Waals surface area contributed by atoms with Crippen LogP contribution >= 0.6 is 11.6 Å². The van der Waals surface area contributed by atoms with Crippen LogP contribution in [-0.2, 0) is 19.9 Å². The molecule has 2 aromatic heterocycles. The van der Waals surface area contributed by atoms with Crippen molar-refractivity contribution in [2.75, 3.05) is 6.61 Å². The summed E-state index contributed by atoms with van der Waals surface area (Å²) in [5.74, 6) is -2.97. The Kier molecular flexibility index (Phi) is 9.71. The van der Waals surface area contributed by atoms with Crippen LogP contribution in [0.4, 0.5) is 30.7 Å². The van der Waals surface area contributed by atoms with Gasteiger partial charge in [-0.05, 0) is 66.1 Å². The van der Waals surface area contributed by atoms with Crippen LogP contribution in [0.15, 0.2) is 59.9 Å². The molecule has 2 atom stereocenters. The lowest BCUT2D eigenvalue weighted by Gasteiger charge is -2.35. The molecule has 2 aromatic carbocycles. The van der Waals surface area contributed by atoms with Gasteiger partial charge in [0.2, 0.25) is 0 Å². The minimum absolute atomic E-state index is 0.0472. The number of halogens is 8. The second-order valence-electron chi connectivity index (χ2n) is 14.4. The number of fused-ring (bicyclic) bond motifs is 1. The topological polar surface area (TPSA) is 129 Å². The normalized spacial score (nSPS) is 19.3. The number of alkyl halides is 7. The lowest BCUT2D eigenvalue weighted by atomic mass is 9.75. The fraction of sp³-hybridized carbons (Fsp3) is 0.429. The number of aliphatic imine (C=N–C) groups is 1. The molecule has 0 bridgehead atoms. The summed E-state index contributed by atoms with van der Waals surface area (Å²) in [7, 11) is 0. The molecular weight excluding hydrogens is 735 g/mol. The first-order valence-corrected chi connectivity index (χ1v) is 16.7. The zero-order valence-electron chi connectivity index (χ0n) is 28.5. The lowest BCUT2D eigenvalue weighted by molar-refractivity contribution is -0.195. The van der Waals surface area contributed by atoms with E-state index in [1.165, 1.54) is 36.4 Å². The van der Waals surface area contributed by atoms with Gasteiger partial charge in [0.15, 0.2) is 17.3 Å². The molecule has 3 heterocycles. The number of benzene rings is 2. The quantitative estimate of drug-likeness (QED) is 0.121. The third kappa shape index (κ3) is 7.27. The average molecular weight is 768 g/mol. The van der Waals surface area contributed by atoms with E-state index in [0.717, 1.165) is 22.0 Å². The molecule has 1 aliphatic carbocycles. The minimum Gasteiger partial charge on any atom is -0.463 e. The van der Waals surface area contributed by atoms with E-state index in [0.29, 0.717) is 10.9 Å². The molecule has 0 unspecified atom stereocenters. The summed E-state index contributed by atoms with van der Waals surface area (Å²) in [6.07, 6.45) is -11.0. The van der Waals surface area contributed by atoms with Crippen molar-refractivity contribution in [3.8, 4) is 5.69 Å². The average Bonchev–Trinajstić information content (AvgIpc) is 3.62. The first-order chi connectivity index (χ1) is 24.7. The molecule has 1 amide bonds. The van der Waals surface area contributed by atoms with Crippen molar-refractivity contribution < 1.29 is 45.1 Å². The molecule has 1 aliphatic heterocycles. The van der Waals surface area contributed by atoms with Crippen molar-refractivity contribution in [3.63, 3.8) is 0 Å². The third-order valence-corrected chi connectivity index (χ3v) is 9.65. The Balaban J connectivity index is 1.44. The van der Waals surface area contributed by atoms with Gasteiger partial charge in [-0.15, -0.1) is 0 Å². The fourth-order valence-electron chi connectivity index (χ4n) is 6.61. The second kappa shape index (κ2) is 13.6. The van der Waals surface area contributed by atoms with Crippen LogP contribution in [0.25, 0.3) is 16.6 Å². The molecule has 4 aromatic rings. The SMILES string of the molecule is CC(C)(C)C[C@]1(c2ccc3nc(C(F)F)ccc3c2)N=C(N)N([C@H](COC(=O)CC2(C(F)(F)F)CC2)c2ccc(Cl)c(-n3ncnc3C(F)F)c2)C1=O. The Labute approximate surface area is 303 Å². The van der Waals surface area contributed by atoms with Crippen molar-refractivity contribution in [2.24, 2.45) is 21.6 Å². The van der Waals surface area contributed by atoms with Crippen LogP contribution in [0.1, 0.15) is 88.0 Å². The number of ether oxygens (including phenoxy) is 1. The first kappa shape index (κ1) is 37.9. The summed E-state index contributed by atoms with van der Waals surface area (Å²) in [5, 5.41) is 4.24. The number of nitrogens with two attached hydrogens (primary N) is 1. The van der Waals surface area contributed by atoms with E-state index in [9.17, 15) is 40.3 Å². The summed E-state index contributed by atoms with van der Waals surface area (Å²) in [4.78, 5) is 41.2. The molecule has 53 heavy (non-hydrogen) atoms. The van der Waals surface area contributed by atoms with Gasteiger partial charge in [-0.2, -0.15) is 18.3 Å². The Morgan fingerprint density at radius 3 is 2.36 bits per heavy atom. The summed E-state index contributed by atoms with van der Waals surface area (Å²) >= 11 is 6.41. The fourth-order valence-corrected chi connectivity index (χ4v) is 6.81. The molecule has 10 nitrogen and oxygen atoms in total. The molecule has 2 N–H and O–H groups in total. The number of hydrogen-bond acceptors (Lipinski definition) is 8. The maximum Gasteiger partial charge on any atom is 0.395 e. The Bertz CT molecular complexity index is 2100. The van der Waals surface area contributed by atoms with Crippen LogP contribution in [0.3, 0.4) is 0 Å². The number of rotatable bonds is 11. The maximum absolute atomic E-state index is 14.9. The highest BCUT2D eigenvalue weighted by Crippen LogP contribution is 2.60. The summed E-state index contributed by atoms with van der Waals surface area (Å²) < 4.78 is 102. The second-order valence-corrected chi connectivity index (χ2v) is 14.8. The van der Waals surface area contributed by atoms with E-state index in [1.807, 2.05) is 20.8 Å². The molecule has 282 valence electrons. The zero-order valence-corrected chi connectivity index (χ0v) is 29.2. The van der Waals surface area contributed by atoms with Gasteiger partial charge in [-0.3, -0.25) is 14.5 Å². The molecule has 0 saturated heterocycles. The highest BCUT2D eigenvalue weighted by Gasteiger charge is 2.64. The van der Waals surface area contributed by atoms with Gasteiger partial charge < -0.3 is 10.5 Å². The third-order valence-electron chi connectivity index (χ3n) is 9.33. The van der Waals surface area contributed by atoms with Crippen molar-refractivity contribution >= 4 is 40.3 Å². The van der Waals surface area contributed by atoms with Crippen molar-refractivity contribution in [2.45, 2.75) is 77.1 Å². The van der Waals surface area contributed by atoms with Crippen LogP contribution in [0.2, 0.25) is 5.02 Å². The number of hydrogen-bond donors (Lipinski definition) is 1. The van der Waals surface area contributed by atoms with Crippen LogP contribution < -0.4 is 5.73 Å². The Morgan fingerprint density at radius 2 is 1.74 bits per heavy atom. The van der Waals surface area contributed by atoms with Gasteiger partial charge in [-0.25, -0.2) is 37.2 Å². The lowest BCUT2D eigenvalue weighted by Crippen LogP contribution is -2.47. The standard InChI is InChI=1S/C35H33ClF7N7O3/c1-32(2,3)16-34(20-6-9-22-18(12-20)5-8-23(47-22)27(37)38)30(52)49(31(44)48-34)25(15-53-26(51)14-33(10-11-33)35(41,42)43)19-4-7-21(36)24(13-19)50-29(28(39)40)45-17-46-50/h4-9,12-13,17,25,27-28H,10-11,14-16H2,1-3H3,(H2,44,48)/t25-,34-/m1/s1. The van der Waals surface area contributed by atoms with Gasteiger partial charge in [0.05, 0.1) is 34.1 Å². The first-order valence-electron chi connectivity index (χ1n) is 16.3. The van der Waals surface area contributed by atoms with E-state index in [-0.39, 0.29) is 47.0 Å². The minimum atomic E-state index is -4.64. The molecule has 1 saturated carbocycles. The number of carbonyl (C=O) groups is 2. The van der Waals surface area contributed by atoms with Crippen molar-refractivity contribution in [1.82, 2.24) is 24.6 Å². The van der Waals surface area contributed by atoms with E-state index >= 15 is 0 Å². The molecule has 18 heteroatoms. The van der Waals surface area contributed by atoms with E-state index in [2.05, 4.69) is 20.1 Å². The monoisotopic (exact) mass is 767 g/mol. The largest absolute Gasteiger partial charge is 0.463 e. The number of aromatic nitrogens is 4.